The summed E-state index contributed by atoms with van der Waals surface area (Å²) in [6, 6.07) is 13.4. The predicted molar refractivity (Wildman–Crippen MR) is 144 cm³/mol. The summed E-state index contributed by atoms with van der Waals surface area (Å²) in [6.07, 6.45) is 6.83. The van der Waals surface area contributed by atoms with Gasteiger partial charge in [-0.05, 0) is 36.5 Å². The maximum Gasteiger partial charge on any atom is 0.409 e. The molecule has 0 saturated heterocycles. The predicted octanol–water partition coefficient (Wildman–Crippen LogP) is 4.07. The molecule has 38 heavy (non-hydrogen) atoms. The molecule has 3 aromatic rings. The lowest BCUT2D eigenvalue weighted by Crippen LogP contribution is -2.36. The third-order valence-corrected chi connectivity index (χ3v) is 8.30. The molecule has 9 nitrogen and oxygen atoms in total. The van der Waals surface area contributed by atoms with Crippen molar-refractivity contribution in [1.29, 1.82) is 0 Å². The fraction of sp³-hybridized carbons (Fsp3) is 0.464. The first-order valence-corrected chi connectivity index (χ1v) is 15.0. The van der Waals surface area contributed by atoms with E-state index in [1.54, 1.807) is 4.90 Å². The number of benzene rings is 2. The Morgan fingerprint density at radius 3 is 2.53 bits per heavy atom. The van der Waals surface area contributed by atoms with Crippen molar-refractivity contribution in [1.82, 2.24) is 19.2 Å². The monoisotopic (exact) mass is 538 g/mol. The molecule has 2 aromatic carbocycles. The van der Waals surface area contributed by atoms with Crippen LogP contribution in [0.25, 0.3) is 11.0 Å². The Labute approximate surface area is 223 Å². The van der Waals surface area contributed by atoms with Gasteiger partial charge in [0.2, 0.25) is 15.9 Å². The van der Waals surface area contributed by atoms with Crippen LogP contribution in [0.5, 0.6) is 0 Å². The topological polar surface area (TPSA) is 111 Å². The van der Waals surface area contributed by atoms with Gasteiger partial charge in [-0.25, -0.2) is 18.2 Å². The van der Waals surface area contributed by atoms with E-state index in [2.05, 4.69) is 21.4 Å². The van der Waals surface area contributed by atoms with Gasteiger partial charge in [0.1, 0.15) is 5.82 Å². The third-order valence-electron chi connectivity index (χ3n) is 7.72. The number of sulfonamides is 1. The minimum Gasteiger partial charge on any atom is -0.453 e. The Balaban J connectivity index is 1.63. The van der Waals surface area contributed by atoms with Crippen LogP contribution >= 0.6 is 0 Å². The van der Waals surface area contributed by atoms with Gasteiger partial charge in [0.15, 0.2) is 0 Å². The zero-order valence-electron chi connectivity index (χ0n) is 21.9. The first-order valence-electron chi connectivity index (χ1n) is 13.2. The maximum atomic E-state index is 13.3. The molecule has 1 fully saturated rings. The van der Waals surface area contributed by atoms with E-state index in [1.807, 2.05) is 30.3 Å². The van der Waals surface area contributed by atoms with E-state index in [0.29, 0.717) is 13.1 Å². The Morgan fingerprint density at radius 2 is 1.84 bits per heavy atom. The van der Waals surface area contributed by atoms with Gasteiger partial charge < -0.3 is 14.2 Å². The molecule has 1 aliphatic heterocycles. The van der Waals surface area contributed by atoms with Crippen LogP contribution in [-0.2, 0) is 39.1 Å². The number of nitrogens with one attached hydrogen (secondary N) is 1. The first kappa shape index (κ1) is 26.2. The normalized spacial score (nSPS) is 17.2. The van der Waals surface area contributed by atoms with E-state index < -0.39 is 21.8 Å². The number of methoxy groups -OCH3 is 1. The average molecular weight is 539 g/mol. The summed E-state index contributed by atoms with van der Waals surface area (Å²) in [7, 11) is -2.34. The molecule has 2 amide bonds. The van der Waals surface area contributed by atoms with Crippen LogP contribution in [0, 0.1) is 0 Å². The van der Waals surface area contributed by atoms with Gasteiger partial charge in [0.05, 0.1) is 36.9 Å². The molecule has 10 heteroatoms. The highest BCUT2D eigenvalue weighted by Crippen LogP contribution is 2.37. The summed E-state index contributed by atoms with van der Waals surface area (Å²) in [6.45, 7) is 1.26. The van der Waals surface area contributed by atoms with Gasteiger partial charge in [-0.1, -0.05) is 55.7 Å². The third kappa shape index (κ3) is 5.41. The number of ether oxygens (including phenoxy) is 1. The fourth-order valence-electron chi connectivity index (χ4n) is 5.85. The molecule has 2 heterocycles. The van der Waals surface area contributed by atoms with Crippen LogP contribution in [0.3, 0.4) is 0 Å². The zero-order valence-corrected chi connectivity index (χ0v) is 22.7. The number of fused-ring (bicyclic) bond motifs is 3. The van der Waals surface area contributed by atoms with Crippen molar-refractivity contribution in [2.75, 3.05) is 19.9 Å². The van der Waals surface area contributed by atoms with E-state index in [1.165, 1.54) is 13.5 Å². The van der Waals surface area contributed by atoms with Crippen molar-refractivity contribution in [3.8, 4) is 0 Å². The summed E-state index contributed by atoms with van der Waals surface area (Å²) in [5.74, 6) is -0.115. The fourth-order valence-corrected chi connectivity index (χ4v) is 6.36. The van der Waals surface area contributed by atoms with Crippen LogP contribution in [-0.4, -0.2) is 54.8 Å². The smallest absolute Gasteiger partial charge is 0.409 e. The summed E-state index contributed by atoms with van der Waals surface area (Å²) < 4.78 is 33.3. The number of hydrogen-bond acceptors (Lipinski definition) is 6. The molecular weight excluding hydrogens is 504 g/mol. The molecule has 1 N–H and O–H groups in total. The molecule has 2 aliphatic rings. The van der Waals surface area contributed by atoms with Gasteiger partial charge in [-0.2, -0.15) is 0 Å². The molecule has 0 unspecified atom stereocenters. The molecule has 1 aliphatic carbocycles. The maximum absolute atomic E-state index is 13.3. The average Bonchev–Trinajstić information content (AvgIpc) is 3.29. The van der Waals surface area contributed by atoms with Gasteiger partial charge in [-0.3, -0.25) is 9.52 Å². The second-order valence-electron chi connectivity index (χ2n) is 10.3. The highest BCUT2D eigenvalue weighted by atomic mass is 32.2. The number of aromatic nitrogens is 2. The van der Waals surface area contributed by atoms with E-state index in [0.717, 1.165) is 71.9 Å². The highest BCUT2D eigenvalue weighted by molar-refractivity contribution is 7.89. The summed E-state index contributed by atoms with van der Waals surface area (Å²) in [5.41, 5.74) is 4.63. The highest BCUT2D eigenvalue weighted by Gasteiger charge is 2.31. The zero-order chi connectivity index (χ0) is 26.9. The number of carbonyl (C=O) groups excluding carboxylic acids is 2. The van der Waals surface area contributed by atoms with Crippen molar-refractivity contribution in [3.05, 3.63) is 65.0 Å². The van der Waals surface area contributed by atoms with Crippen molar-refractivity contribution >= 4 is 33.1 Å². The lowest BCUT2D eigenvalue weighted by Gasteiger charge is -2.27. The molecule has 0 bridgehead atoms. The molecule has 0 spiro atoms. The number of hydrogen-bond donors (Lipinski definition) is 1. The Bertz CT molecular complexity index is 1440. The van der Waals surface area contributed by atoms with Crippen molar-refractivity contribution in [2.24, 2.45) is 0 Å². The quantitative estimate of drug-likeness (QED) is 0.507. The largest absolute Gasteiger partial charge is 0.453 e. The molecule has 202 valence electrons. The molecule has 1 aromatic heterocycles. The minimum atomic E-state index is -3.73. The van der Waals surface area contributed by atoms with Gasteiger partial charge >= 0.3 is 6.09 Å². The summed E-state index contributed by atoms with van der Waals surface area (Å²) in [4.78, 5) is 32.5. The van der Waals surface area contributed by atoms with E-state index in [-0.39, 0.29) is 18.6 Å². The molecule has 1 saturated carbocycles. The van der Waals surface area contributed by atoms with Crippen LogP contribution < -0.4 is 4.72 Å². The van der Waals surface area contributed by atoms with Crippen molar-refractivity contribution < 1.29 is 22.7 Å². The molecule has 0 radical (unpaired) electrons. The van der Waals surface area contributed by atoms with Crippen molar-refractivity contribution in [3.63, 3.8) is 0 Å². The number of carbonyl (C=O) groups is 2. The van der Waals surface area contributed by atoms with Crippen LogP contribution in [0.15, 0.2) is 42.5 Å². The van der Waals surface area contributed by atoms with Crippen LogP contribution in [0.2, 0.25) is 0 Å². The summed E-state index contributed by atoms with van der Waals surface area (Å²) >= 11 is 0. The van der Waals surface area contributed by atoms with Crippen LogP contribution in [0.4, 0.5) is 4.79 Å². The summed E-state index contributed by atoms with van der Waals surface area (Å²) in [5, 5.41) is 0. The number of nitrogens with zero attached hydrogens (tertiary/aromatic N) is 3. The Kier molecular flexibility index (Phi) is 7.43. The van der Waals surface area contributed by atoms with Crippen molar-refractivity contribution in [2.45, 2.75) is 63.5 Å². The Morgan fingerprint density at radius 1 is 1.11 bits per heavy atom. The standard InChI is InChI=1S/C28H34N4O5S/c1-37-28(34)31-16-15-20-13-14-24-25(22(20)17-31)29-26(21-11-7-4-8-12-21)32(24)18-23(19-9-5-3-6-10-19)27(33)30-38(2,35)36/h3,5-6,9-10,13-14,21,23H,4,7-8,11-12,15-18H2,1-2H3,(H,30,33)/t23-/m1/s1. The number of amides is 2. The van der Waals surface area contributed by atoms with E-state index in [4.69, 9.17) is 9.72 Å². The minimum absolute atomic E-state index is 0.251. The molecular formula is C28H34N4O5S. The van der Waals surface area contributed by atoms with E-state index in [9.17, 15) is 18.0 Å². The number of imidazole rings is 1. The lowest BCUT2D eigenvalue weighted by atomic mass is 9.88. The van der Waals surface area contributed by atoms with Crippen LogP contribution in [0.1, 0.15) is 66.5 Å². The number of rotatable bonds is 6. The first-order chi connectivity index (χ1) is 18.2. The van der Waals surface area contributed by atoms with Gasteiger partial charge in [-0.15, -0.1) is 0 Å². The Hall–Kier alpha value is -3.40. The molecule has 1 atom stereocenters. The van der Waals surface area contributed by atoms with Gasteiger partial charge in [0, 0.05) is 24.6 Å². The van der Waals surface area contributed by atoms with Gasteiger partial charge in [0.25, 0.3) is 0 Å². The van der Waals surface area contributed by atoms with E-state index >= 15 is 0 Å². The SMILES string of the molecule is COC(=O)N1CCc2ccc3c(nc(C4CCCCC4)n3C[C@@H](C(=O)NS(C)(=O)=O)c3ccccc3)c2C1. The second-order valence-corrected chi connectivity index (χ2v) is 12.1. The molecule has 5 rings (SSSR count). The lowest BCUT2D eigenvalue weighted by molar-refractivity contribution is -0.121. The second kappa shape index (κ2) is 10.8.